The molecule has 0 bridgehead atoms. The Morgan fingerprint density at radius 1 is 1.15 bits per heavy atom. The number of fused-ring (bicyclic) bond motifs is 1. The van der Waals surface area contributed by atoms with Gasteiger partial charge >= 0.3 is 6.09 Å². The van der Waals surface area contributed by atoms with Crippen LogP contribution in [0.25, 0.3) is 10.8 Å². The van der Waals surface area contributed by atoms with Gasteiger partial charge in [-0.1, -0.05) is 50.2 Å². The van der Waals surface area contributed by atoms with E-state index in [1.165, 1.54) is 16.3 Å². The predicted octanol–water partition coefficient (Wildman–Crippen LogP) is 3.96. The third kappa shape index (κ3) is 2.03. The number of alkyl carbamates (subject to hydrolysis) is 1. The highest BCUT2D eigenvalue weighted by atomic mass is 16.6. The minimum absolute atomic E-state index is 0.0331. The Morgan fingerprint density at radius 2 is 1.85 bits per heavy atom. The first-order valence-electron chi connectivity index (χ1n) is 6.90. The Labute approximate surface area is 118 Å². The average molecular weight is 269 g/mol. The van der Waals surface area contributed by atoms with E-state index in [2.05, 4.69) is 50.4 Å². The van der Waals surface area contributed by atoms with E-state index >= 15 is 0 Å². The summed E-state index contributed by atoms with van der Waals surface area (Å²) in [6.45, 7) is 6.78. The van der Waals surface area contributed by atoms with Crippen LogP contribution < -0.4 is 5.32 Å². The second kappa shape index (κ2) is 4.51. The van der Waals surface area contributed by atoms with E-state index in [-0.39, 0.29) is 17.6 Å². The molecule has 0 aliphatic carbocycles. The predicted molar refractivity (Wildman–Crippen MR) is 79.7 cm³/mol. The lowest BCUT2D eigenvalue weighted by Gasteiger charge is -2.39. The van der Waals surface area contributed by atoms with E-state index in [9.17, 15) is 4.79 Å². The van der Waals surface area contributed by atoms with Gasteiger partial charge in [0.05, 0.1) is 6.04 Å². The van der Waals surface area contributed by atoms with Gasteiger partial charge in [-0.3, -0.25) is 0 Å². The lowest BCUT2D eigenvalue weighted by Crippen LogP contribution is -2.47. The first-order chi connectivity index (χ1) is 9.49. The normalized spacial score (nSPS) is 21.4. The largest absolute Gasteiger partial charge is 0.449 e. The van der Waals surface area contributed by atoms with Crippen LogP contribution in [-0.2, 0) is 4.74 Å². The third-order valence-corrected chi connectivity index (χ3v) is 4.11. The number of ether oxygens (including phenoxy) is 1. The van der Waals surface area contributed by atoms with Crippen LogP contribution in [0.4, 0.5) is 4.79 Å². The van der Waals surface area contributed by atoms with E-state index in [0.717, 1.165) is 5.56 Å². The fourth-order valence-electron chi connectivity index (χ4n) is 2.91. The molecule has 0 unspecified atom stereocenters. The zero-order chi connectivity index (χ0) is 14.3. The lowest BCUT2D eigenvalue weighted by atomic mass is 9.78. The van der Waals surface area contributed by atoms with Gasteiger partial charge in [-0.15, -0.1) is 0 Å². The number of hydrogen-bond acceptors (Lipinski definition) is 2. The molecule has 1 aliphatic rings. The van der Waals surface area contributed by atoms with Crippen LogP contribution in [0.5, 0.6) is 0 Å². The highest BCUT2D eigenvalue weighted by Gasteiger charge is 2.38. The molecule has 1 amide bonds. The Morgan fingerprint density at radius 3 is 2.60 bits per heavy atom. The molecule has 1 N–H and O–H groups in total. The second-order valence-electron chi connectivity index (χ2n) is 6.16. The standard InChI is InChI=1S/C17H19NO2/c1-11-8-9-14(13-7-5-4-6-12(11)13)15-17(2,3)10-20-16(19)18-15/h4-9,15H,10H2,1-3H3,(H,18,19)/t15-/m0/s1. The van der Waals surface area contributed by atoms with Crippen LogP contribution in [0.1, 0.15) is 31.0 Å². The Balaban J connectivity index is 2.18. The molecule has 1 heterocycles. The number of nitrogens with one attached hydrogen (secondary N) is 1. The molecule has 2 aromatic carbocycles. The number of carbonyl (C=O) groups is 1. The number of amides is 1. The van der Waals surface area contributed by atoms with Gasteiger partial charge in [-0.05, 0) is 28.8 Å². The van der Waals surface area contributed by atoms with Gasteiger partial charge in [-0.2, -0.15) is 0 Å². The summed E-state index contributed by atoms with van der Waals surface area (Å²) < 4.78 is 5.13. The van der Waals surface area contributed by atoms with Gasteiger partial charge in [0.1, 0.15) is 6.61 Å². The summed E-state index contributed by atoms with van der Waals surface area (Å²) in [7, 11) is 0. The molecule has 0 radical (unpaired) electrons. The summed E-state index contributed by atoms with van der Waals surface area (Å²) in [6.07, 6.45) is -0.334. The van der Waals surface area contributed by atoms with E-state index in [0.29, 0.717) is 6.61 Å². The van der Waals surface area contributed by atoms with Crippen molar-refractivity contribution in [1.82, 2.24) is 5.32 Å². The Kier molecular flexibility index (Phi) is 2.93. The summed E-state index contributed by atoms with van der Waals surface area (Å²) >= 11 is 0. The molecular formula is C17H19NO2. The minimum atomic E-state index is -0.334. The van der Waals surface area contributed by atoms with Crippen LogP contribution >= 0.6 is 0 Å². The second-order valence-corrected chi connectivity index (χ2v) is 6.16. The molecular weight excluding hydrogens is 250 g/mol. The van der Waals surface area contributed by atoms with Crippen LogP contribution in [0, 0.1) is 12.3 Å². The summed E-state index contributed by atoms with van der Waals surface area (Å²) in [5.74, 6) is 0. The molecule has 0 spiro atoms. The van der Waals surface area contributed by atoms with Gasteiger partial charge in [0.15, 0.2) is 0 Å². The summed E-state index contributed by atoms with van der Waals surface area (Å²) in [5.41, 5.74) is 2.28. The molecule has 3 nitrogen and oxygen atoms in total. The monoisotopic (exact) mass is 269 g/mol. The van der Waals surface area contributed by atoms with Crippen molar-refractivity contribution in [1.29, 1.82) is 0 Å². The van der Waals surface area contributed by atoms with Crippen molar-refractivity contribution in [3.05, 3.63) is 47.5 Å². The first kappa shape index (κ1) is 13.0. The lowest BCUT2D eigenvalue weighted by molar-refractivity contribution is 0.0391. The Hall–Kier alpha value is -2.03. The maximum atomic E-state index is 11.6. The van der Waals surface area contributed by atoms with E-state index in [4.69, 9.17) is 4.74 Å². The average Bonchev–Trinajstić information content (AvgIpc) is 2.43. The van der Waals surface area contributed by atoms with Gasteiger partial charge < -0.3 is 10.1 Å². The fraction of sp³-hybridized carbons (Fsp3) is 0.353. The molecule has 0 saturated carbocycles. The van der Waals surface area contributed by atoms with Crippen molar-refractivity contribution < 1.29 is 9.53 Å². The molecule has 0 aromatic heterocycles. The van der Waals surface area contributed by atoms with Crippen molar-refractivity contribution >= 4 is 16.9 Å². The number of cyclic esters (lactones) is 1. The van der Waals surface area contributed by atoms with Crippen molar-refractivity contribution in [2.24, 2.45) is 5.41 Å². The number of aryl methyl sites for hydroxylation is 1. The van der Waals surface area contributed by atoms with Gasteiger partial charge in [0, 0.05) is 5.41 Å². The first-order valence-corrected chi connectivity index (χ1v) is 6.90. The van der Waals surface area contributed by atoms with Crippen LogP contribution in [0.15, 0.2) is 36.4 Å². The van der Waals surface area contributed by atoms with Crippen molar-refractivity contribution in [2.75, 3.05) is 6.61 Å². The van der Waals surface area contributed by atoms with Gasteiger partial charge in [0.2, 0.25) is 0 Å². The quantitative estimate of drug-likeness (QED) is 0.851. The summed E-state index contributed by atoms with van der Waals surface area (Å²) in [4.78, 5) is 11.6. The molecule has 1 fully saturated rings. The number of hydrogen-bond donors (Lipinski definition) is 1. The SMILES string of the molecule is Cc1ccc([C@@H]2NC(=O)OCC2(C)C)c2ccccc12. The fourth-order valence-corrected chi connectivity index (χ4v) is 2.91. The maximum Gasteiger partial charge on any atom is 0.407 e. The molecule has 1 atom stereocenters. The molecule has 1 aliphatic heterocycles. The third-order valence-electron chi connectivity index (χ3n) is 4.11. The van der Waals surface area contributed by atoms with Crippen LogP contribution in [0.3, 0.4) is 0 Å². The zero-order valence-electron chi connectivity index (χ0n) is 12.1. The molecule has 2 aromatic rings. The molecule has 104 valence electrons. The number of carbonyl (C=O) groups excluding carboxylic acids is 1. The van der Waals surface area contributed by atoms with E-state index in [1.807, 2.05) is 12.1 Å². The van der Waals surface area contributed by atoms with Crippen molar-refractivity contribution in [3.8, 4) is 0 Å². The number of rotatable bonds is 1. The molecule has 1 saturated heterocycles. The zero-order valence-corrected chi connectivity index (χ0v) is 12.1. The van der Waals surface area contributed by atoms with E-state index in [1.54, 1.807) is 0 Å². The highest BCUT2D eigenvalue weighted by Crippen LogP contribution is 2.39. The summed E-state index contributed by atoms with van der Waals surface area (Å²) in [5, 5.41) is 5.41. The summed E-state index contributed by atoms with van der Waals surface area (Å²) in [6, 6.07) is 12.5. The Bertz CT molecular complexity index is 676. The topological polar surface area (TPSA) is 38.3 Å². The van der Waals surface area contributed by atoms with Crippen molar-refractivity contribution in [3.63, 3.8) is 0 Å². The number of benzene rings is 2. The highest BCUT2D eigenvalue weighted by molar-refractivity contribution is 5.89. The molecule has 3 rings (SSSR count). The smallest absolute Gasteiger partial charge is 0.407 e. The molecule has 20 heavy (non-hydrogen) atoms. The van der Waals surface area contributed by atoms with E-state index < -0.39 is 0 Å². The maximum absolute atomic E-state index is 11.6. The van der Waals surface area contributed by atoms with Gasteiger partial charge in [0.25, 0.3) is 0 Å². The van der Waals surface area contributed by atoms with Crippen LogP contribution in [-0.4, -0.2) is 12.7 Å². The minimum Gasteiger partial charge on any atom is -0.449 e. The van der Waals surface area contributed by atoms with Gasteiger partial charge in [-0.25, -0.2) is 4.79 Å². The van der Waals surface area contributed by atoms with Crippen molar-refractivity contribution in [2.45, 2.75) is 26.8 Å². The molecule has 3 heteroatoms. The van der Waals surface area contributed by atoms with Crippen LogP contribution in [0.2, 0.25) is 0 Å².